The first-order chi connectivity index (χ1) is 10.1. The van der Waals surface area contributed by atoms with Crippen LogP contribution in [-0.2, 0) is 4.79 Å². The number of thiazole rings is 1. The van der Waals surface area contributed by atoms with Crippen molar-refractivity contribution in [2.45, 2.75) is 31.5 Å². The topological polar surface area (TPSA) is 54.4 Å². The van der Waals surface area contributed by atoms with Gasteiger partial charge < -0.3 is 0 Å². The summed E-state index contributed by atoms with van der Waals surface area (Å²) in [4.78, 5) is 16.3. The Hall–Kier alpha value is -1.40. The minimum Gasteiger partial charge on any atom is -0.272 e. The molecule has 2 aromatic rings. The predicted octanol–water partition coefficient (Wildman–Crippen LogP) is 3.93. The molecule has 0 saturated heterocycles. The van der Waals surface area contributed by atoms with Gasteiger partial charge in [-0.05, 0) is 31.4 Å². The minimum absolute atomic E-state index is 0.0955. The van der Waals surface area contributed by atoms with Crippen LogP contribution >= 0.6 is 23.1 Å². The number of hydrazone groups is 1. The second-order valence-corrected chi connectivity index (χ2v) is 7.09. The summed E-state index contributed by atoms with van der Waals surface area (Å²) in [5.74, 6) is 0.626. The maximum absolute atomic E-state index is 11.8. The highest BCUT2D eigenvalue weighted by molar-refractivity contribution is 8.01. The fraction of sp³-hybridized carbons (Fsp3) is 0.400. The van der Waals surface area contributed by atoms with Gasteiger partial charge in [0, 0.05) is 5.71 Å². The molecular weight excluding hydrogens is 302 g/mol. The van der Waals surface area contributed by atoms with E-state index in [0.717, 1.165) is 26.7 Å². The number of carbonyl (C=O) groups excluding carboxylic acids is 1. The number of thioether (sulfide) groups is 1. The average Bonchev–Trinajstić information content (AvgIpc) is 2.92. The van der Waals surface area contributed by atoms with Crippen molar-refractivity contribution in [3.8, 4) is 0 Å². The van der Waals surface area contributed by atoms with Crippen LogP contribution in [0.2, 0.25) is 0 Å². The lowest BCUT2D eigenvalue weighted by Crippen LogP contribution is -2.22. The van der Waals surface area contributed by atoms with Crippen LogP contribution in [0.3, 0.4) is 0 Å². The molecule has 1 aromatic carbocycles. The first-order valence-electron chi connectivity index (χ1n) is 6.91. The van der Waals surface area contributed by atoms with E-state index in [1.165, 1.54) is 11.8 Å². The Morgan fingerprint density at radius 3 is 2.95 bits per heavy atom. The fourth-order valence-electron chi connectivity index (χ4n) is 1.63. The number of nitrogens with zero attached hydrogens (tertiary/aromatic N) is 2. The molecule has 0 aliphatic rings. The van der Waals surface area contributed by atoms with Crippen LogP contribution in [0.25, 0.3) is 10.2 Å². The molecule has 4 nitrogen and oxygen atoms in total. The molecule has 2 rings (SSSR count). The van der Waals surface area contributed by atoms with Crippen LogP contribution in [0.4, 0.5) is 0 Å². The van der Waals surface area contributed by atoms with E-state index in [0.29, 0.717) is 11.7 Å². The highest BCUT2D eigenvalue weighted by Crippen LogP contribution is 2.28. The summed E-state index contributed by atoms with van der Waals surface area (Å²) in [6.07, 6.45) is 1.02. The summed E-state index contributed by atoms with van der Waals surface area (Å²) in [7, 11) is 0. The first-order valence-corrected chi connectivity index (χ1v) is 8.71. The van der Waals surface area contributed by atoms with E-state index in [1.54, 1.807) is 11.3 Å². The zero-order valence-corrected chi connectivity index (χ0v) is 14.1. The Kier molecular flexibility index (Phi) is 5.76. The number of para-hydroxylation sites is 1. The van der Waals surface area contributed by atoms with Crippen molar-refractivity contribution >= 4 is 44.9 Å². The minimum atomic E-state index is -0.0955. The molecule has 1 atom stereocenters. The number of nitrogens with one attached hydrogen (secondary N) is 1. The Labute approximate surface area is 133 Å². The molecule has 0 spiro atoms. The molecule has 0 bridgehead atoms. The smallest absolute Gasteiger partial charge is 0.250 e. The summed E-state index contributed by atoms with van der Waals surface area (Å²) < 4.78 is 2.06. The molecule has 1 amide bonds. The van der Waals surface area contributed by atoms with Gasteiger partial charge in [0.1, 0.15) is 0 Å². The molecule has 0 unspecified atom stereocenters. The average molecular weight is 321 g/mol. The molecule has 0 fully saturated rings. The van der Waals surface area contributed by atoms with Gasteiger partial charge in [-0.2, -0.15) is 5.10 Å². The van der Waals surface area contributed by atoms with Crippen molar-refractivity contribution in [3.63, 3.8) is 0 Å². The lowest BCUT2D eigenvalue weighted by Gasteiger charge is -2.07. The summed E-state index contributed by atoms with van der Waals surface area (Å²) >= 11 is 3.05. The van der Waals surface area contributed by atoms with Crippen molar-refractivity contribution in [2.75, 3.05) is 5.75 Å². The van der Waals surface area contributed by atoms with E-state index in [-0.39, 0.29) is 5.91 Å². The molecular formula is C15H19N3OS2. The van der Waals surface area contributed by atoms with Crippen molar-refractivity contribution < 1.29 is 4.79 Å². The highest BCUT2D eigenvalue weighted by Gasteiger charge is 2.08. The third-order valence-electron chi connectivity index (χ3n) is 3.28. The van der Waals surface area contributed by atoms with Gasteiger partial charge in [-0.15, -0.1) is 11.3 Å². The first kappa shape index (κ1) is 16.0. The van der Waals surface area contributed by atoms with Crippen LogP contribution in [0.1, 0.15) is 27.2 Å². The number of hydrogen-bond donors (Lipinski definition) is 1. The zero-order chi connectivity index (χ0) is 15.2. The molecule has 0 saturated carbocycles. The molecule has 0 aliphatic heterocycles. The largest absolute Gasteiger partial charge is 0.272 e. The maximum atomic E-state index is 11.8. The van der Waals surface area contributed by atoms with Crippen LogP contribution in [0, 0.1) is 5.92 Å². The van der Waals surface area contributed by atoms with Crippen LogP contribution in [0.5, 0.6) is 0 Å². The lowest BCUT2D eigenvalue weighted by atomic mass is 10.1. The van der Waals surface area contributed by atoms with E-state index < -0.39 is 0 Å². The second kappa shape index (κ2) is 7.56. The normalized spacial score (nSPS) is 13.4. The third kappa shape index (κ3) is 4.54. The highest BCUT2D eigenvalue weighted by atomic mass is 32.2. The van der Waals surface area contributed by atoms with E-state index in [2.05, 4.69) is 29.4 Å². The van der Waals surface area contributed by atoms with Crippen molar-refractivity contribution in [1.82, 2.24) is 10.4 Å². The molecule has 1 heterocycles. The third-order valence-corrected chi connectivity index (χ3v) is 5.46. The van der Waals surface area contributed by atoms with Gasteiger partial charge in [0.15, 0.2) is 4.34 Å². The van der Waals surface area contributed by atoms with Crippen LogP contribution < -0.4 is 5.43 Å². The number of amides is 1. The van der Waals surface area contributed by atoms with Crippen molar-refractivity contribution in [3.05, 3.63) is 24.3 Å². The zero-order valence-electron chi connectivity index (χ0n) is 12.4. The SMILES string of the molecule is CC[C@H](C)/C(C)=N\NC(=O)CSc1nc2ccccc2s1. The second-order valence-electron chi connectivity index (χ2n) is 4.83. The van der Waals surface area contributed by atoms with Crippen molar-refractivity contribution in [2.24, 2.45) is 11.0 Å². The number of rotatable bonds is 6. The van der Waals surface area contributed by atoms with E-state index >= 15 is 0 Å². The van der Waals surface area contributed by atoms with E-state index in [4.69, 9.17) is 0 Å². The molecule has 0 aliphatic carbocycles. The Balaban J connectivity index is 1.86. The summed E-state index contributed by atoms with van der Waals surface area (Å²) in [6.45, 7) is 6.14. The van der Waals surface area contributed by atoms with Crippen molar-refractivity contribution in [1.29, 1.82) is 0 Å². The molecule has 112 valence electrons. The van der Waals surface area contributed by atoms with Crippen LogP contribution in [-0.4, -0.2) is 22.4 Å². The van der Waals surface area contributed by atoms with E-state index in [1.807, 2.05) is 31.2 Å². The summed E-state index contributed by atoms with van der Waals surface area (Å²) in [6, 6.07) is 7.98. The quantitative estimate of drug-likeness (QED) is 0.498. The lowest BCUT2D eigenvalue weighted by molar-refractivity contribution is -0.118. The number of benzene rings is 1. The molecule has 21 heavy (non-hydrogen) atoms. The van der Waals surface area contributed by atoms with Gasteiger partial charge in [-0.25, -0.2) is 10.4 Å². The summed E-state index contributed by atoms with van der Waals surface area (Å²) in [5.41, 5.74) is 4.54. The van der Waals surface area contributed by atoms with Gasteiger partial charge >= 0.3 is 0 Å². The number of hydrogen-bond acceptors (Lipinski definition) is 5. The molecule has 1 aromatic heterocycles. The Morgan fingerprint density at radius 2 is 2.24 bits per heavy atom. The van der Waals surface area contributed by atoms with Crippen LogP contribution in [0.15, 0.2) is 33.7 Å². The maximum Gasteiger partial charge on any atom is 0.250 e. The van der Waals surface area contributed by atoms with Gasteiger partial charge in [-0.3, -0.25) is 4.79 Å². The summed E-state index contributed by atoms with van der Waals surface area (Å²) in [5, 5.41) is 4.14. The van der Waals surface area contributed by atoms with Gasteiger partial charge in [0.25, 0.3) is 5.91 Å². The Bertz CT molecular complexity index is 618. The van der Waals surface area contributed by atoms with E-state index in [9.17, 15) is 4.79 Å². The molecule has 6 heteroatoms. The van der Waals surface area contributed by atoms with Gasteiger partial charge in [-0.1, -0.05) is 37.7 Å². The Morgan fingerprint density at radius 1 is 1.48 bits per heavy atom. The number of carbonyl (C=O) groups is 1. The number of aromatic nitrogens is 1. The molecule has 1 N–H and O–H groups in total. The van der Waals surface area contributed by atoms with Gasteiger partial charge in [0.05, 0.1) is 16.0 Å². The standard InChI is InChI=1S/C15H19N3OS2/c1-4-10(2)11(3)17-18-14(19)9-20-15-16-12-7-5-6-8-13(12)21-15/h5-8,10H,4,9H2,1-3H3,(H,18,19)/b17-11-/t10-/m0/s1. The number of fused-ring (bicyclic) bond motifs is 1. The monoisotopic (exact) mass is 321 g/mol. The fourth-order valence-corrected chi connectivity index (χ4v) is 3.49. The van der Waals surface area contributed by atoms with Gasteiger partial charge in [0.2, 0.25) is 0 Å². The predicted molar refractivity (Wildman–Crippen MR) is 91.1 cm³/mol. The molecule has 0 radical (unpaired) electrons.